The summed E-state index contributed by atoms with van der Waals surface area (Å²) in [5.74, 6) is 0.0286. The van der Waals surface area contributed by atoms with Crippen LogP contribution >= 0.6 is 11.6 Å². The Morgan fingerprint density at radius 1 is 1.18 bits per heavy atom. The second-order valence-electron chi connectivity index (χ2n) is 6.04. The van der Waals surface area contributed by atoms with Gasteiger partial charge in [-0.15, -0.1) is 0 Å². The first-order valence-electron chi connectivity index (χ1n) is 7.90. The van der Waals surface area contributed by atoms with Gasteiger partial charge in [-0.1, -0.05) is 43.0 Å². The molecule has 0 aliphatic heterocycles. The number of hydrogen-bond acceptors (Lipinski definition) is 1. The minimum Gasteiger partial charge on any atom is -0.358 e. The highest BCUT2D eigenvalue weighted by atomic mass is 35.5. The highest BCUT2D eigenvalue weighted by Gasteiger charge is 2.19. The first-order chi connectivity index (χ1) is 10.6. The van der Waals surface area contributed by atoms with Crippen molar-refractivity contribution in [1.82, 2.24) is 10.3 Å². The molecule has 0 saturated heterocycles. The fourth-order valence-electron chi connectivity index (χ4n) is 3.09. The van der Waals surface area contributed by atoms with Crippen molar-refractivity contribution in [3.05, 3.63) is 46.6 Å². The number of hydrogen-bond donors (Lipinski definition) is 2. The lowest BCUT2D eigenvalue weighted by molar-refractivity contribution is 0.0927. The molecular weight excluding hydrogens is 296 g/mol. The fourth-order valence-corrected chi connectivity index (χ4v) is 3.21. The average Bonchev–Trinajstić information content (AvgIpc) is 2.91. The molecule has 0 unspecified atom stereocenters. The molecule has 1 aliphatic carbocycles. The summed E-state index contributed by atoms with van der Waals surface area (Å²) < 4.78 is 0. The van der Waals surface area contributed by atoms with Gasteiger partial charge in [0.05, 0.1) is 5.56 Å². The van der Waals surface area contributed by atoms with Gasteiger partial charge < -0.3 is 10.3 Å². The number of aromatic amines is 1. The van der Waals surface area contributed by atoms with Crippen LogP contribution in [0.4, 0.5) is 0 Å². The topological polar surface area (TPSA) is 44.9 Å². The molecule has 0 bridgehead atoms. The predicted molar refractivity (Wildman–Crippen MR) is 90.3 cm³/mol. The average molecular weight is 317 g/mol. The number of carbonyl (C=O) groups is 1. The molecule has 1 amide bonds. The summed E-state index contributed by atoms with van der Waals surface area (Å²) in [6.45, 7) is 1.94. The summed E-state index contributed by atoms with van der Waals surface area (Å²) in [4.78, 5) is 15.8. The van der Waals surface area contributed by atoms with Crippen LogP contribution in [0.2, 0.25) is 5.02 Å². The van der Waals surface area contributed by atoms with Crippen molar-refractivity contribution < 1.29 is 4.79 Å². The van der Waals surface area contributed by atoms with Crippen molar-refractivity contribution in [2.75, 3.05) is 0 Å². The molecule has 116 valence electrons. The number of amides is 1. The van der Waals surface area contributed by atoms with E-state index in [1.807, 2.05) is 37.3 Å². The molecule has 0 spiro atoms. The van der Waals surface area contributed by atoms with Crippen LogP contribution in [-0.2, 0) is 0 Å². The van der Waals surface area contributed by atoms with Crippen molar-refractivity contribution in [2.45, 2.75) is 45.1 Å². The van der Waals surface area contributed by atoms with E-state index in [2.05, 4.69) is 10.3 Å². The predicted octanol–water partition coefficient (Wildman–Crippen LogP) is 4.71. The Labute approximate surface area is 136 Å². The first kappa shape index (κ1) is 15.2. The van der Waals surface area contributed by atoms with Crippen LogP contribution in [0.1, 0.15) is 48.2 Å². The summed E-state index contributed by atoms with van der Waals surface area (Å²) in [6, 6.07) is 9.88. The van der Waals surface area contributed by atoms with Crippen molar-refractivity contribution in [3.63, 3.8) is 0 Å². The molecule has 1 saturated carbocycles. The van der Waals surface area contributed by atoms with Gasteiger partial charge in [0.25, 0.3) is 5.91 Å². The van der Waals surface area contributed by atoms with Gasteiger partial charge in [-0.25, -0.2) is 0 Å². The third-order valence-corrected chi connectivity index (χ3v) is 4.61. The van der Waals surface area contributed by atoms with Crippen LogP contribution in [0.15, 0.2) is 30.3 Å². The molecule has 2 N–H and O–H groups in total. The molecule has 1 aromatic carbocycles. The standard InChI is InChI=1S/C18H21ClN2O/c1-12-16(18(22)21-15-5-3-2-4-6-15)11-17(20-12)13-7-9-14(19)10-8-13/h7-11,15,20H,2-6H2,1H3,(H,21,22). The Bertz CT molecular complexity index is 654. The SMILES string of the molecule is Cc1[nH]c(-c2ccc(Cl)cc2)cc1C(=O)NC1CCCCC1. The van der Waals surface area contributed by atoms with E-state index < -0.39 is 0 Å². The van der Waals surface area contributed by atoms with Gasteiger partial charge in [0.2, 0.25) is 0 Å². The maximum atomic E-state index is 12.5. The van der Waals surface area contributed by atoms with E-state index in [1.165, 1.54) is 19.3 Å². The first-order valence-corrected chi connectivity index (χ1v) is 8.27. The minimum atomic E-state index is 0.0286. The van der Waals surface area contributed by atoms with Gasteiger partial charge in [-0.3, -0.25) is 4.79 Å². The minimum absolute atomic E-state index is 0.0286. The zero-order valence-corrected chi connectivity index (χ0v) is 13.5. The van der Waals surface area contributed by atoms with E-state index in [0.29, 0.717) is 11.1 Å². The molecule has 1 aromatic heterocycles. The number of rotatable bonds is 3. The van der Waals surface area contributed by atoms with Gasteiger partial charge in [0.1, 0.15) is 0 Å². The highest BCUT2D eigenvalue weighted by molar-refractivity contribution is 6.30. The van der Waals surface area contributed by atoms with E-state index in [9.17, 15) is 4.79 Å². The Morgan fingerprint density at radius 3 is 2.55 bits per heavy atom. The van der Waals surface area contributed by atoms with E-state index in [0.717, 1.165) is 35.4 Å². The lowest BCUT2D eigenvalue weighted by atomic mass is 9.95. The zero-order valence-electron chi connectivity index (χ0n) is 12.8. The Hall–Kier alpha value is -1.74. The van der Waals surface area contributed by atoms with Crippen LogP contribution in [0.3, 0.4) is 0 Å². The van der Waals surface area contributed by atoms with Crippen molar-refractivity contribution in [3.8, 4) is 11.3 Å². The van der Waals surface area contributed by atoms with Crippen LogP contribution in [0.5, 0.6) is 0 Å². The zero-order chi connectivity index (χ0) is 15.5. The largest absolute Gasteiger partial charge is 0.358 e. The number of aromatic nitrogens is 1. The second-order valence-corrected chi connectivity index (χ2v) is 6.47. The maximum Gasteiger partial charge on any atom is 0.253 e. The summed E-state index contributed by atoms with van der Waals surface area (Å²) in [6.07, 6.45) is 5.91. The third-order valence-electron chi connectivity index (χ3n) is 4.36. The quantitative estimate of drug-likeness (QED) is 0.846. The van der Waals surface area contributed by atoms with Crippen molar-refractivity contribution in [1.29, 1.82) is 0 Å². The van der Waals surface area contributed by atoms with Crippen LogP contribution in [-0.4, -0.2) is 16.9 Å². The molecule has 2 aromatic rings. The Kier molecular flexibility index (Phi) is 4.53. The van der Waals surface area contributed by atoms with E-state index in [-0.39, 0.29) is 5.91 Å². The number of halogens is 1. The fraction of sp³-hybridized carbons (Fsp3) is 0.389. The summed E-state index contributed by atoms with van der Waals surface area (Å²) in [5.41, 5.74) is 3.61. The monoisotopic (exact) mass is 316 g/mol. The van der Waals surface area contributed by atoms with Crippen LogP contribution in [0, 0.1) is 6.92 Å². The molecule has 1 aliphatic rings. The molecular formula is C18H21ClN2O. The number of aryl methyl sites for hydroxylation is 1. The summed E-state index contributed by atoms with van der Waals surface area (Å²) in [5, 5.41) is 3.88. The maximum absolute atomic E-state index is 12.5. The molecule has 3 rings (SSSR count). The van der Waals surface area contributed by atoms with Crippen molar-refractivity contribution >= 4 is 17.5 Å². The van der Waals surface area contributed by atoms with Crippen LogP contribution in [0.25, 0.3) is 11.3 Å². The number of carbonyl (C=O) groups excluding carboxylic acids is 1. The molecule has 1 fully saturated rings. The van der Waals surface area contributed by atoms with E-state index >= 15 is 0 Å². The number of benzene rings is 1. The lowest BCUT2D eigenvalue weighted by Gasteiger charge is -2.22. The van der Waals surface area contributed by atoms with Gasteiger partial charge in [-0.2, -0.15) is 0 Å². The third kappa shape index (κ3) is 3.36. The number of H-pyrrole nitrogens is 1. The second kappa shape index (κ2) is 6.57. The molecule has 0 radical (unpaired) electrons. The van der Waals surface area contributed by atoms with E-state index in [1.54, 1.807) is 0 Å². The van der Waals surface area contributed by atoms with Gasteiger partial charge in [-0.05, 0) is 43.5 Å². The molecule has 1 heterocycles. The smallest absolute Gasteiger partial charge is 0.253 e. The summed E-state index contributed by atoms with van der Waals surface area (Å²) in [7, 11) is 0. The molecule has 3 nitrogen and oxygen atoms in total. The molecule has 22 heavy (non-hydrogen) atoms. The molecule has 0 atom stereocenters. The summed E-state index contributed by atoms with van der Waals surface area (Å²) >= 11 is 5.92. The van der Waals surface area contributed by atoms with Gasteiger partial charge in [0.15, 0.2) is 0 Å². The Morgan fingerprint density at radius 2 is 1.86 bits per heavy atom. The lowest BCUT2D eigenvalue weighted by Crippen LogP contribution is -2.36. The van der Waals surface area contributed by atoms with Crippen molar-refractivity contribution in [2.24, 2.45) is 0 Å². The van der Waals surface area contributed by atoms with E-state index in [4.69, 9.17) is 11.6 Å². The number of nitrogens with one attached hydrogen (secondary N) is 2. The van der Waals surface area contributed by atoms with Crippen LogP contribution < -0.4 is 5.32 Å². The molecule has 4 heteroatoms. The highest BCUT2D eigenvalue weighted by Crippen LogP contribution is 2.24. The van der Waals surface area contributed by atoms with Gasteiger partial charge >= 0.3 is 0 Å². The van der Waals surface area contributed by atoms with Gasteiger partial charge in [0, 0.05) is 22.5 Å². The normalized spacial score (nSPS) is 15.7. The Balaban J connectivity index is 1.76.